The van der Waals surface area contributed by atoms with Crippen molar-refractivity contribution in [3.8, 4) is 11.4 Å². The molecule has 8 nitrogen and oxygen atoms in total. The summed E-state index contributed by atoms with van der Waals surface area (Å²) in [5.41, 5.74) is 2.23. The number of benzene rings is 2. The van der Waals surface area contributed by atoms with Crippen molar-refractivity contribution < 1.29 is 46.1 Å². The van der Waals surface area contributed by atoms with Crippen LogP contribution < -0.4 is 0 Å². The first-order chi connectivity index (χ1) is 25.6. The number of likely N-dealkylation sites (tertiary alicyclic amines) is 2. The van der Waals surface area contributed by atoms with Crippen LogP contribution in [0.25, 0.3) is 11.4 Å². The van der Waals surface area contributed by atoms with Crippen LogP contribution in [0.3, 0.4) is 0 Å². The van der Waals surface area contributed by atoms with Crippen molar-refractivity contribution in [3.63, 3.8) is 0 Å². The van der Waals surface area contributed by atoms with E-state index in [0.717, 1.165) is 100 Å². The molecule has 2 N–H and O–H groups in total. The van der Waals surface area contributed by atoms with E-state index in [0.29, 0.717) is 11.4 Å². The molecule has 2 fully saturated rings. The Morgan fingerprint density at radius 1 is 0.593 bits per heavy atom. The van der Waals surface area contributed by atoms with Crippen LogP contribution in [0.15, 0.2) is 85.5 Å². The average Bonchev–Trinajstić information content (AvgIpc) is 3.80. The first kappa shape index (κ1) is 43.1. The number of carbonyl (C=O) groups is 2. The SMILES string of the molecule is O=C(O)CC1CCN(Cc2ccn(-c3ccc(C(F)(F)F)cc3)c2)CC1.O=C(O)CC1CCN(Cc2ccn(-c3ccc(C(F)(F)F)cc3)c2)CC1.[Li][Cl]. The van der Waals surface area contributed by atoms with Gasteiger partial charge in [-0.3, -0.25) is 19.4 Å². The van der Waals surface area contributed by atoms with Gasteiger partial charge in [-0.2, -0.15) is 26.3 Å². The van der Waals surface area contributed by atoms with Crippen molar-refractivity contribution in [1.29, 1.82) is 0 Å². The molecule has 0 unspecified atom stereocenters. The monoisotopic (exact) mass is 774 g/mol. The first-order valence-corrected chi connectivity index (χ1v) is 18.3. The summed E-state index contributed by atoms with van der Waals surface area (Å²) in [7, 11) is 4.64. The molecule has 0 amide bonds. The van der Waals surface area contributed by atoms with E-state index in [1.54, 1.807) is 0 Å². The third-order valence-corrected chi connectivity index (χ3v) is 9.65. The molecule has 4 heterocycles. The van der Waals surface area contributed by atoms with Crippen LogP contribution in [0.5, 0.6) is 0 Å². The van der Waals surface area contributed by atoms with E-state index in [1.165, 1.54) is 41.0 Å². The second-order valence-electron chi connectivity index (χ2n) is 13.6. The summed E-state index contributed by atoms with van der Waals surface area (Å²) in [5.74, 6) is -0.977. The molecular formula is C38H42ClF6LiN4O4. The predicted octanol–water partition coefficient (Wildman–Crippen LogP) is 8.67. The zero-order chi connectivity index (χ0) is 39.5. The summed E-state index contributed by atoms with van der Waals surface area (Å²) in [5, 5.41) is 17.7. The topological polar surface area (TPSA) is 90.9 Å². The van der Waals surface area contributed by atoms with Gasteiger partial charge < -0.3 is 19.3 Å². The standard InChI is InChI=1S/2C19H21F3N2O2.ClH.Li/c2*20-19(21,22)16-1-3-17(4-2-16)24-10-7-15(13-24)12-23-8-5-14(6-9-23)11-18(25)26;;/h2*1-4,7,10,13-14H,5-6,8-9,11-12H2,(H,25,26);1H;/q;;;+1/p-1. The summed E-state index contributed by atoms with van der Waals surface area (Å²) >= 11 is 1.47. The van der Waals surface area contributed by atoms with Crippen molar-refractivity contribution in [2.24, 2.45) is 11.8 Å². The summed E-state index contributed by atoms with van der Waals surface area (Å²) in [6.07, 6.45) is 2.87. The number of carboxylic acid groups (broad SMARTS) is 2. The number of halogens is 7. The molecule has 0 aliphatic carbocycles. The van der Waals surface area contributed by atoms with Gasteiger partial charge in [-0.15, -0.1) is 0 Å². The van der Waals surface area contributed by atoms with Gasteiger partial charge in [0.2, 0.25) is 0 Å². The number of hydrogen-bond acceptors (Lipinski definition) is 4. The van der Waals surface area contributed by atoms with E-state index in [1.807, 2.05) is 46.1 Å². The van der Waals surface area contributed by atoms with E-state index in [2.05, 4.69) is 19.6 Å². The average molecular weight is 775 g/mol. The minimum absolute atomic E-state index is 0.234. The van der Waals surface area contributed by atoms with Gasteiger partial charge in [0.05, 0.1) is 11.1 Å². The van der Waals surface area contributed by atoms with Crippen LogP contribution in [0.4, 0.5) is 26.3 Å². The Balaban J connectivity index is 0.000000230. The van der Waals surface area contributed by atoms with E-state index >= 15 is 0 Å². The molecule has 0 radical (unpaired) electrons. The van der Waals surface area contributed by atoms with Crippen LogP contribution >= 0.6 is 9.80 Å². The molecule has 0 atom stereocenters. The molecule has 0 spiro atoms. The minimum atomic E-state index is -4.33. The van der Waals surface area contributed by atoms with Gasteiger partial charge in [0.25, 0.3) is 0 Å². The predicted molar refractivity (Wildman–Crippen MR) is 194 cm³/mol. The van der Waals surface area contributed by atoms with Gasteiger partial charge in [0, 0.05) is 62.1 Å². The van der Waals surface area contributed by atoms with E-state index in [9.17, 15) is 35.9 Å². The molecule has 2 aliphatic rings. The Labute approximate surface area is 323 Å². The van der Waals surface area contributed by atoms with Crippen molar-refractivity contribution >= 4 is 38.5 Å². The fourth-order valence-corrected chi connectivity index (χ4v) is 6.74. The maximum atomic E-state index is 12.6. The van der Waals surface area contributed by atoms with E-state index < -0.39 is 35.4 Å². The van der Waals surface area contributed by atoms with E-state index in [-0.39, 0.29) is 24.7 Å². The van der Waals surface area contributed by atoms with Gasteiger partial charge >= 0.3 is 50.8 Å². The summed E-state index contributed by atoms with van der Waals surface area (Å²) in [4.78, 5) is 26.1. The quantitative estimate of drug-likeness (QED) is 0.124. The number of hydrogen-bond donors (Lipinski definition) is 2. The molecule has 0 saturated carbocycles. The third kappa shape index (κ3) is 13.3. The van der Waals surface area contributed by atoms with Crippen LogP contribution in [-0.4, -0.2) is 84.0 Å². The Bertz CT molecular complexity index is 1630. The first-order valence-electron chi connectivity index (χ1n) is 17.6. The second-order valence-corrected chi connectivity index (χ2v) is 13.6. The summed E-state index contributed by atoms with van der Waals surface area (Å²) in [6.45, 7) is 4.97. The van der Waals surface area contributed by atoms with Crippen LogP contribution in [0.2, 0.25) is 0 Å². The molecule has 2 aromatic heterocycles. The normalized spacial score (nSPS) is 16.2. The molecule has 6 rings (SSSR count). The maximum absolute atomic E-state index is 12.6. The molecule has 4 aromatic rings. The number of aliphatic carboxylic acids is 2. The van der Waals surface area contributed by atoms with Gasteiger partial charge in [0.1, 0.15) is 0 Å². The number of alkyl halides is 6. The van der Waals surface area contributed by atoms with E-state index in [4.69, 9.17) is 10.2 Å². The van der Waals surface area contributed by atoms with Crippen molar-refractivity contribution in [2.75, 3.05) is 26.2 Å². The molecule has 2 saturated heterocycles. The molecule has 0 bridgehead atoms. The molecule has 54 heavy (non-hydrogen) atoms. The number of nitrogens with zero attached hydrogens (tertiary/aromatic N) is 4. The molecule has 2 aromatic carbocycles. The van der Waals surface area contributed by atoms with Gasteiger partial charge in [-0.05, 0) is 135 Å². The second kappa shape index (κ2) is 19.8. The number of aromatic nitrogens is 2. The van der Waals surface area contributed by atoms with Crippen molar-refractivity contribution in [3.05, 3.63) is 108 Å². The Kier molecular flexibility index (Phi) is 15.8. The van der Waals surface area contributed by atoms with Crippen LogP contribution in [0, 0.1) is 11.8 Å². The Hall–Kier alpha value is -3.67. The number of carboxylic acids is 2. The zero-order valence-corrected chi connectivity index (χ0v) is 30.6. The summed E-state index contributed by atoms with van der Waals surface area (Å²) in [6, 6.07) is 14.1. The molecular weight excluding hydrogens is 733 g/mol. The zero-order valence-electron chi connectivity index (χ0n) is 29.9. The molecule has 288 valence electrons. The Morgan fingerprint density at radius 2 is 0.907 bits per heavy atom. The number of rotatable bonds is 10. The van der Waals surface area contributed by atoms with Gasteiger partial charge in [0.15, 0.2) is 0 Å². The van der Waals surface area contributed by atoms with Gasteiger partial charge in [-0.25, -0.2) is 0 Å². The summed E-state index contributed by atoms with van der Waals surface area (Å²) < 4.78 is 79.5. The van der Waals surface area contributed by atoms with Crippen LogP contribution in [-0.2, 0) is 35.0 Å². The fraction of sp³-hybridized carbons (Fsp3) is 0.421. The molecule has 2 aliphatic heterocycles. The molecule has 16 heteroatoms. The van der Waals surface area contributed by atoms with Crippen molar-refractivity contribution in [1.82, 2.24) is 18.9 Å². The van der Waals surface area contributed by atoms with Gasteiger partial charge in [-0.1, -0.05) is 0 Å². The van der Waals surface area contributed by atoms with Crippen molar-refractivity contribution in [2.45, 2.75) is 64.0 Å². The van der Waals surface area contributed by atoms with Crippen LogP contribution in [0.1, 0.15) is 60.8 Å². The third-order valence-electron chi connectivity index (χ3n) is 9.65. The number of piperidine rings is 2. The Morgan fingerprint density at radius 3 is 1.19 bits per heavy atom. The fourth-order valence-electron chi connectivity index (χ4n) is 6.74.